The van der Waals surface area contributed by atoms with Gasteiger partial charge in [-0.1, -0.05) is 48.5 Å². The van der Waals surface area contributed by atoms with Crippen molar-refractivity contribution in [2.24, 2.45) is 0 Å². The van der Waals surface area contributed by atoms with E-state index in [0.29, 0.717) is 46.2 Å². The van der Waals surface area contributed by atoms with E-state index < -0.39 is 15.6 Å². The second kappa shape index (κ2) is 12.1. The van der Waals surface area contributed by atoms with Gasteiger partial charge in [0, 0.05) is 36.7 Å². The zero-order valence-corrected chi connectivity index (χ0v) is 24.2. The van der Waals surface area contributed by atoms with Gasteiger partial charge in [0.1, 0.15) is 0 Å². The van der Waals surface area contributed by atoms with Crippen LogP contribution < -0.4 is 15.7 Å². The van der Waals surface area contributed by atoms with E-state index in [4.69, 9.17) is 4.42 Å². The Bertz CT molecular complexity index is 1670. The first kappa shape index (κ1) is 28.5. The van der Waals surface area contributed by atoms with Gasteiger partial charge < -0.3 is 14.6 Å². The van der Waals surface area contributed by atoms with E-state index >= 15 is 0 Å². The Kier molecular flexibility index (Phi) is 8.83. The lowest BCUT2D eigenvalue weighted by atomic mass is 10.0. The summed E-state index contributed by atoms with van der Waals surface area (Å²) >= 11 is 3.46. The molecule has 3 aromatic carbocycles. The van der Waals surface area contributed by atoms with E-state index in [1.165, 1.54) is 0 Å². The molecule has 4 aromatic rings. The van der Waals surface area contributed by atoms with Gasteiger partial charge in [0.15, 0.2) is 0 Å². The van der Waals surface area contributed by atoms with Crippen LogP contribution in [0.2, 0.25) is 0 Å². The Morgan fingerprint density at radius 3 is 2.49 bits per heavy atom. The second-order valence-electron chi connectivity index (χ2n) is 9.28. The topological polar surface area (TPSA) is 122 Å². The summed E-state index contributed by atoms with van der Waals surface area (Å²) in [7, 11) is -1.62. The number of nitrogens with zero attached hydrogens (tertiary/aromatic N) is 2. The molecule has 0 aliphatic rings. The van der Waals surface area contributed by atoms with Crippen molar-refractivity contribution in [3.63, 3.8) is 0 Å². The normalized spacial score (nSPS) is 11.5. The molecule has 1 heterocycles. The Morgan fingerprint density at radius 1 is 1.08 bits per heavy atom. The highest BCUT2D eigenvalue weighted by Crippen LogP contribution is 2.29. The number of rotatable bonds is 10. The van der Waals surface area contributed by atoms with Gasteiger partial charge in [-0.25, -0.2) is 17.9 Å². The van der Waals surface area contributed by atoms with Gasteiger partial charge >= 0.3 is 11.6 Å². The van der Waals surface area contributed by atoms with Gasteiger partial charge in [0.2, 0.25) is 15.9 Å². The molecule has 0 bridgehead atoms. The lowest BCUT2D eigenvalue weighted by Crippen LogP contribution is -2.26. The molecule has 9 nitrogen and oxygen atoms in total. The molecule has 4 rings (SSSR count). The molecular formula is C28H29BrN4O5S. The number of sulfonamides is 1. The van der Waals surface area contributed by atoms with Crippen LogP contribution in [0.4, 0.5) is 11.7 Å². The van der Waals surface area contributed by atoms with Crippen LogP contribution in [0.5, 0.6) is 0 Å². The fourth-order valence-corrected chi connectivity index (χ4v) is 5.19. The number of para-hydroxylation sites is 1. The number of aryl methyl sites for hydroxylation is 2. The number of aromatic nitrogens is 1. The van der Waals surface area contributed by atoms with Crippen molar-refractivity contribution in [2.75, 3.05) is 18.6 Å². The molecule has 1 amide bonds. The third-order valence-corrected chi connectivity index (χ3v) is 7.58. The van der Waals surface area contributed by atoms with Crippen LogP contribution >= 0.6 is 15.9 Å². The molecule has 0 fully saturated rings. The number of hydrogen-bond donors (Lipinski definition) is 2. The molecule has 0 radical (unpaired) electrons. The number of carbonyl (C=O) groups is 1. The second-order valence-corrected chi connectivity index (χ2v) is 12.0. The minimum atomic E-state index is -3.41. The molecule has 1 aromatic heterocycles. The van der Waals surface area contributed by atoms with Crippen molar-refractivity contribution in [3.05, 3.63) is 97.8 Å². The van der Waals surface area contributed by atoms with Crippen molar-refractivity contribution in [1.29, 1.82) is 0 Å². The van der Waals surface area contributed by atoms with Gasteiger partial charge in [-0.3, -0.25) is 4.79 Å². The minimum Gasteiger partial charge on any atom is -0.388 e. The summed E-state index contributed by atoms with van der Waals surface area (Å²) in [5, 5.41) is 3.35. The highest BCUT2D eigenvalue weighted by atomic mass is 79.9. The summed E-state index contributed by atoms with van der Waals surface area (Å²) in [4.78, 5) is 32.0. The van der Waals surface area contributed by atoms with Crippen LogP contribution in [-0.4, -0.2) is 37.5 Å². The lowest BCUT2D eigenvalue weighted by molar-refractivity contribution is -0.130. The minimum absolute atomic E-state index is 0.00887. The fourth-order valence-electron chi connectivity index (χ4n) is 4.21. The summed E-state index contributed by atoms with van der Waals surface area (Å²) < 4.78 is 31.5. The summed E-state index contributed by atoms with van der Waals surface area (Å²) in [5.74, 6) is 0.0181. The number of fused-ring (bicyclic) bond motifs is 1. The number of amides is 1. The van der Waals surface area contributed by atoms with Crippen LogP contribution in [0.25, 0.3) is 10.9 Å². The summed E-state index contributed by atoms with van der Waals surface area (Å²) in [6.07, 6.45) is 1.87. The first-order valence-corrected chi connectivity index (χ1v) is 14.9. The van der Waals surface area contributed by atoms with Crippen LogP contribution in [0, 0.1) is 6.92 Å². The van der Waals surface area contributed by atoms with Gasteiger partial charge in [0.05, 0.1) is 17.2 Å². The van der Waals surface area contributed by atoms with E-state index in [9.17, 15) is 18.0 Å². The van der Waals surface area contributed by atoms with E-state index in [1.807, 2.05) is 54.6 Å². The Morgan fingerprint density at radius 2 is 1.77 bits per heavy atom. The standard InChI is InChI=1S/C28H29BrN4O5S/c1-18-21(16-30-39(3,36)37)15-22(29)26-25(18)27(35)38-28(32-26)31-23-12-8-7-11-20(23)13-14-24(34)33(2)17-19-9-5-4-6-10-19/h4-12,15,30H,13-14,16-17H2,1-3H3,(H,31,32). The van der Waals surface area contributed by atoms with E-state index in [1.54, 1.807) is 24.9 Å². The number of halogens is 1. The summed E-state index contributed by atoms with van der Waals surface area (Å²) in [6.45, 7) is 2.29. The lowest BCUT2D eigenvalue weighted by Gasteiger charge is -2.18. The third-order valence-electron chi connectivity index (χ3n) is 6.31. The number of carbonyl (C=O) groups excluding carboxylic acids is 1. The highest BCUT2D eigenvalue weighted by molar-refractivity contribution is 9.10. The van der Waals surface area contributed by atoms with E-state index in [-0.39, 0.29) is 23.9 Å². The summed E-state index contributed by atoms with van der Waals surface area (Å²) in [6, 6.07) is 19.0. The molecule has 0 saturated heterocycles. The van der Waals surface area contributed by atoms with Crippen LogP contribution in [0.1, 0.15) is 28.7 Å². The molecule has 11 heteroatoms. The largest absolute Gasteiger partial charge is 0.388 e. The SMILES string of the molecule is Cc1c(CNS(C)(=O)=O)cc(Br)c2nc(Nc3ccccc3CCC(=O)N(C)Cc3ccccc3)oc(=O)c12. The quantitative estimate of drug-likeness (QED) is 0.267. The van der Waals surface area contributed by atoms with E-state index in [0.717, 1.165) is 17.4 Å². The third kappa shape index (κ3) is 7.31. The first-order valence-electron chi connectivity index (χ1n) is 12.2. The number of nitrogens with one attached hydrogen (secondary N) is 2. The summed E-state index contributed by atoms with van der Waals surface area (Å²) in [5.41, 5.74) is 3.61. The van der Waals surface area contributed by atoms with Crippen LogP contribution in [0.3, 0.4) is 0 Å². The monoisotopic (exact) mass is 612 g/mol. The van der Waals surface area contributed by atoms with Gasteiger partial charge in [-0.15, -0.1) is 0 Å². The number of hydrogen-bond acceptors (Lipinski definition) is 7. The maximum atomic E-state index is 13.0. The maximum Gasteiger partial charge on any atom is 0.348 e. The molecule has 0 saturated carbocycles. The van der Waals surface area contributed by atoms with Crippen molar-refractivity contribution in [2.45, 2.75) is 32.9 Å². The first-order chi connectivity index (χ1) is 18.5. The molecule has 0 aliphatic carbocycles. The molecule has 0 spiro atoms. The van der Waals surface area contributed by atoms with Crippen molar-refractivity contribution in [3.8, 4) is 0 Å². The van der Waals surface area contributed by atoms with Crippen molar-refractivity contribution >= 4 is 54.5 Å². The average Bonchev–Trinajstić information content (AvgIpc) is 2.89. The molecule has 204 valence electrons. The molecule has 0 aliphatic heterocycles. The molecule has 0 unspecified atom stereocenters. The highest BCUT2D eigenvalue weighted by Gasteiger charge is 2.17. The Balaban J connectivity index is 1.52. The molecule has 39 heavy (non-hydrogen) atoms. The molecule has 0 atom stereocenters. The predicted octanol–water partition coefficient (Wildman–Crippen LogP) is 4.64. The number of anilines is 2. The fraction of sp³-hybridized carbons (Fsp3) is 0.250. The van der Waals surface area contributed by atoms with Gasteiger partial charge in [-0.2, -0.15) is 4.98 Å². The predicted molar refractivity (Wildman–Crippen MR) is 155 cm³/mol. The molecular weight excluding hydrogens is 584 g/mol. The van der Waals surface area contributed by atoms with E-state index in [2.05, 4.69) is 31.0 Å². The maximum absolute atomic E-state index is 13.0. The molecule has 2 N–H and O–H groups in total. The van der Waals surface area contributed by atoms with Gasteiger partial charge in [0.25, 0.3) is 0 Å². The van der Waals surface area contributed by atoms with Crippen LogP contribution in [-0.2, 0) is 34.3 Å². The Hall–Kier alpha value is -3.54. The van der Waals surface area contributed by atoms with Crippen molar-refractivity contribution in [1.82, 2.24) is 14.6 Å². The van der Waals surface area contributed by atoms with Crippen molar-refractivity contribution < 1.29 is 17.6 Å². The zero-order valence-electron chi connectivity index (χ0n) is 21.8. The van der Waals surface area contributed by atoms with Crippen LogP contribution in [0.15, 0.2) is 74.3 Å². The smallest absolute Gasteiger partial charge is 0.348 e. The zero-order chi connectivity index (χ0) is 28.2. The Labute approximate surface area is 235 Å². The average molecular weight is 614 g/mol. The van der Waals surface area contributed by atoms with Gasteiger partial charge in [-0.05, 0) is 63.7 Å². The number of benzene rings is 3.